The average Bonchev–Trinajstić information content (AvgIpc) is 2.31. The summed E-state index contributed by atoms with van der Waals surface area (Å²) in [5, 5.41) is 8.59. The lowest BCUT2D eigenvalue weighted by Gasteiger charge is -2.20. The highest BCUT2D eigenvalue weighted by atomic mass is 35.5. The van der Waals surface area contributed by atoms with E-state index in [-0.39, 0.29) is 11.6 Å². The highest BCUT2D eigenvalue weighted by molar-refractivity contribution is 7.89. The monoisotopic (exact) mass is 309 g/mol. The van der Waals surface area contributed by atoms with Crippen LogP contribution in [0.5, 0.6) is 0 Å². The van der Waals surface area contributed by atoms with E-state index in [0.717, 1.165) is 22.5 Å². The minimum Gasteiger partial charge on any atom is -0.480 e. The largest absolute Gasteiger partial charge is 0.480 e. The van der Waals surface area contributed by atoms with Gasteiger partial charge in [0.2, 0.25) is 10.0 Å². The zero-order valence-corrected chi connectivity index (χ0v) is 11.7. The van der Waals surface area contributed by atoms with E-state index >= 15 is 0 Å². The Bertz CT molecular complexity index is 576. The first-order chi connectivity index (χ1) is 8.78. The molecule has 0 amide bonds. The van der Waals surface area contributed by atoms with Crippen LogP contribution in [0.1, 0.15) is 13.3 Å². The molecule has 0 radical (unpaired) electrons. The molecule has 0 aromatic heterocycles. The van der Waals surface area contributed by atoms with Crippen molar-refractivity contribution in [2.24, 2.45) is 0 Å². The van der Waals surface area contributed by atoms with Crippen molar-refractivity contribution in [1.82, 2.24) is 4.31 Å². The van der Waals surface area contributed by atoms with Gasteiger partial charge >= 0.3 is 5.97 Å². The maximum Gasteiger partial charge on any atom is 0.318 e. The summed E-state index contributed by atoms with van der Waals surface area (Å²) in [4.78, 5) is 10.3. The predicted octanol–water partition coefficient (Wildman–Crippen LogP) is 1.96. The molecule has 1 aromatic rings. The fourth-order valence-electron chi connectivity index (χ4n) is 1.50. The van der Waals surface area contributed by atoms with E-state index in [1.54, 1.807) is 6.92 Å². The van der Waals surface area contributed by atoms with E-state index in [1.807, 2.05) is 0 Å². The average molecular weight is 310 g/mol. The third-order valence-electron chi connectivity index (χ3n) is 2.30. The number of carboxylic acids is 1. The van der Waals surface area contributed by atoms with Gasteiger partial charge < -0.3 is 5.11 Å². The second kappa shape index (κ2) is 6.31. The molecule has 1 aromatic carbocycles. The van der Waals surface area contributed by atoms with Crippen molar-refractivity contribution in [3.8, 4) is 0 Å². The number of sulfonamides is 1. The zero-order chi connectivity index (χ0) is 14.6. The van der Waals surface area contributed by atoms with Crippen molar-refractivity contribution < 1.29 is 22.7 Å². The molecular weight excluding hydrogens is 297 g/mol. The van der Waals surface area contributed by atoms with Crippen LogP contribution in [0, 0.1) is 5.82 Å². The molecule has 1 rings (SSSR count). The Morgan fingerprint density at radius 1 is 1.47 bits per heavy atom. The molecule has 0 heterocycles. The number of carboxylic acid groups (broad SMARTS) is 1. The molecule has 1 N–H and O–H groups in total. The van der Waals surface area contributed by atoms with Crippen LogP contribution in [0.4, 0.5) is 4.39 Å². The Hall–Kier alpha value is -1.18. The van der Waals surface area contributed by atoms with E-state index in [1.165, 1.54) is 0 Å². The van der Waals surface area contributed by atoms with Crippen molar-refractivity contribution in [3.05, 3.63) is 29.0 Å². The van der Waals surface area contributed by atoms with Gasteiger partial charge in [0.25, 0.3) is 0 Å². The molecule has 19 heavy (non-hydrogen) atoms. The first-order valence-electron chi connectivity index (χ1n) is 5.46. The van der Waals surface area contributed by atoms with Crippen LogP contribution in [-0.4, -0.2) is 36.9 Å². The van der Waals surface area contributed by atoms with Crippen LogP contribution >= 0.6 is 11.6 Å². The second-order valence-electron chi connectivity index (χ2n) is 3.81. The van der Waals surface area contributed by atoms with E-state index in [4.69, 9.17) is 16.7 Å². The summed E-state index contributed by atoms with van der Waals surface area (Å²) in [5.74, 6) is -2.04. The van der Waals surface area contributed by atoms with E-state index in [2.05, 4.69) is 0 Å². The third kappa shape index (κ3) is 3.89. The fraction of sp³-hybridized carbons (Fsp3) is 0.364. The molecule has 0 aliphatic rings. The predicted molar refractivity (Wildman–Crippen MR) is 68.1 cm³/mol. The molecule has 0 aliphatic heterocycles. The Balaban J connectivity index is 3.25. The molecule has 0 saturated heterocycles. The van der Waals surface area contributed by atoms with Crippen LogP contribution in [0.3, 0.4) is 0 Å². The minimum atomic E-state index is -4.13. The van der Waals surface area contributed by atoms with Gasteiger partial charge in [-0.25, -0.2) is 12.8 Å². The van der Waals surface area contributed by atoms with Crippen molar-refractivity contribution in [2.75, 3.05) is 13.1 Å². The normalized spacial score (nSPS) is 11.8. The zero-order valence-electron chi connectivity index (χ0n) is 10.1. The Morgan fingerprint density at radius 3 is 2.63 bits per heavy atom. The molecule has 0 spiro atoms. The number of benzene rings is 1. The summed E-state index contributed by atoms with van der Waals surface area (Å²) in [6.07, 6.45) is 0.430. The maximum absolute atomic E-state index is 13.1. The van der Waals surface area contributed by atoms with Crippen LogP contribution < -0.4 is 0 Å². The molecule has 0 unspecified atom stereocenters. The molecule has 0 saturated carbocycles. The first kappa shape index (κ1) is 15.9. The number of hydrogen-bond donors (Lipinski definition) is 1. The number of rotatable bonds is 6. The summed E-state index contributed by atoms with van der Waals surface area (Å²) < 4.78 is 38.4. The van der Waals surface area contributed by atoms with Crippen LogP contribution in [0.25, 0.3) is 0 Å². The summed E-state index contributed by atoms with van der Waals surface area (Å²) >= 11 is 5.74. The Labute approximate surface area is 115 Å². The van der Waals surface area contributed by atoms with E-state index in [0.29, 0.717) is 6.42 Å². The third-order valence-corrected chi connectivity index (χ3v) is 4.62. The molecule has 5 nitrogen and oxygen atoms in total. The first-order valence-corrected chi connectivity index (χ1v) is 7.27. The van der Waals surface area contributed by atoms with Crippen LogP contribution in [0.15, 0.2) is 23.1 Å². The quantitative estimate of drug-likeness (QED) is 0.871. The molecule has 8 heteroatoms. The topological polar surface area (TPSA) is 74.7 Å². The smallest absolute Gasteiger partial charge is 0.318 e. The van der Waals surface area contributed by atoms with Gasteiger partial charge in [0.05, 0.1) is 5.02 Å². The van der Waals surface area contributed by atoms with Crippen molar-refractivity contribution >= 4 is 27.6 Å². The highest BCUT2D eigenvalue weighted by Gasteiger charge is 2.28. The summed E-state index contributed by atoms with van der Waals surface area (Å²) in [6, 6.07) is 2.93. The van der Waals surface area contributed by atoms with Gasteiger partial charge in [-0.05, 0) is 24.6 Å². The summed E-state index contributed by atoms with van der Waals surface area (Å²) in [7, 11) is -4.13. The lowest BCUT2D eigenvalue weighted by atomic mass is 10.3. The van der Waals surface area contributed by atoms with Gasteiger partial charge in [-0.15, -0.1) is 0 Å². The van der Waals surface area contributed by atoms with Gasteiger partial charge in [-0.2, -0.15) is 4.31 Å². The second-order valence-corrected chi connectivity index (χ2v) is 6.12. The van der Waals surface area contributed by atoms with Crippen molar-refractivity contribution in [3.63, 3.8) is 0 Å². The van der Waals surface area contributed by atoms with E-state index in [9.17, 15) is 17.6 Å². The molecule has 0 atom stereocenters. The van der Waals surface area contributed by atoms with Crippen molar-refractivity contribution in [1.29, 1.82) is 0 Å². The molecule has 0 aliphatic carbocycles. The SMILES string of the molecule is CCCN(CC(=O)O)S(=O)(=O)c1cc(F)ccc1Cl. The molecule has 106 valence electrons. The van der Waals surface area contributed by atoms with Gasteiger partial charge in [0.1, 0.15) is 17.3 Å². The summed E-state index contributed by atoms with van der Waals surface area (Å²) in [5.41, 5.74) is 0. The van der Waals surface area contributed by atoms with Gasteiger partial charge in [0, 0.05) is 6.54 Å². The number of nitrogens with zero attached hydrogens (tertiary/aromatic N) is 1. The fourth-order valence-corrected chi connectivity index (χ4v) is 3.47. The van der Waals surface area contributed by atoms with Crippen LogP contribution in [-0.2, 0) is 14.8 Å². The minimum absolute atomic E-state index is 0.0154. The van der Waals surface area contributed by atoms with E-state index < -0.39 is 33.3 Å². The number of aliphatic carboxylic acids is 1. The lowest BCUT2D eigenvalue weighted by molar-refractivity contribution is -0.137. The Kier molecular flexibility index (Phi) is 5.28. The number of halogens is 2. The van der Waals surface area contributed by atoms with Gasteiger partial charge in [-0.3, -0.25) is 4.79 Å². The highest BCUT2D eigenvalue weighted by Crippen LogP contribution is 2.25. The molecular formula is C11H13ClFNO4S. The molecule has 0 bridgehead atoms. The van der Waals surface area contributed by atoms with Crippen LogP contribution in [0.2, 0.25) is 5.02 Å². The Morgan fingerprint density at radius 2 is 2.11 bits per heavy atom. The number of carbonyl (C=O) groups is 1. The maximum atomic E-state index is 13.1. The molecule has 0 fully saturated rings. The standard InChI is InChI=1S/C11H13ClFNO4S/c1-2-5-14(7-11(15)16)19(17,18)10-6-8(13)3-4-9(10)12/h3-4,6H,2,5,7H2,1H3,(H,15,16). The van der Waals surface area contributed by atoms with Gasteiger partial charge in [-0.1, -0.05) is 18.5 Å². The van der Waals surface area contributed by atoms with Gasteiger partial charge in [0.15, 0.2) is 0 Å². The lowest BCUT2D eigenvalue weighted by Crippen LogP contribution is -2.36. The number of hydrogen-bond acceptors (Lipinski definition) is 3. The summed E-state index contributed by atoms with van der Waals surface area (Å²) in [6.45, 7) is 1.03. The van der Waals surface area contributed by atoms with Crippen molar-refractivity contribution in [2.45, 2.75) is 18.2 Å².